The molecule has 0 saturated carbocycles. The standard InChI is InChI=1S/C71H137NO5/c1-3-5-7-9-11-13-15-17-18-33-37-41-45-49-53-57-61-65-71(76)77-66-62-58-54-50-46-42-38-35-32-30-28-26-24-22-20-19-21-23-25-27-29-31-34-36-40-44-48-52-56-60-64-70(75)72-68(67-73)69(74)63-59-55-51-47-43-39-16-14-12-10-8-6-4-2/h20,22,59,63,68-69,73-74H,3-19,21,23-58,60-62,64-67H2,1-2H3,(H,72,75)/b22-20-,63-59+. The number of aliphatic hydroxyl groups is 2. The lowest BCUT2D eigenvalue weighted by Crippen LogP contribution is -2.45. The third-order valence-electron chi connectivity index (χ3n) is 16.5. The predicted octanol–water partition coefficient (Wildman–Crippen LogP) is 22.5. The van der Waals surface area contributed by atoms with E-state index in [2.05, 4.69) is 31.3 Å². The summed E-state index contributed by atoms with van der Waals surface area (Å²) < 4.78 is 5.51. The SMILES string of the molecule is CCCCCCCCCCCCC/C=C/C(O)C(CO)NC(=O)CCCCCCCCCCCCCCCC/C=C\CCCCCCCCCCCCCCOC(=O)CCCCCCCCCCCCCCCCCCC. The van der Waals surface area contributed by atoms with Gasteiger partial charge >= 0.3 is 5.97 Å². The van der Waals surface area contributed by atoms with E-state index >= 15 is 0 Å². The van der Waals surface area contributed by atoms with Crippen molar-refractivity contribution in [2.45, 2.75) is 405 Å². The van der Waals surface area contributed by atoms with Crippen molar-refractivity contribution in [3.63, 3.8) is 0 Å². The molecule has 0 aromatic carbocycles. The van der Waals surface area contributed by atoms with Crippen LogP contribution in [0.4, 0.5) is 0 Å². The summed E-state index contributed by atoms with van der Waals surface area (Å²) in [6, 6.07) is -0.626. The fraction of sp³-hybridized carbons (Fsp3) is 0.915. The molecule has 0 saturated heterocycles. The molecule has 0 aliphatic carbocycles. The Balaban J connectivity index is 3.35. The maximum atomic E-state index is 12.5. The molecule has 0 aliphatic heterocycles. The Kier molecular flexibility index (Phi) is 65.4. The molecule has 0 fully saturated rings. The van der Waals surface area contributed by atoms with Crippen LogP contribution in [0.2, 0.25) is 0 Å². The highest BCUT2D eigenvalue weighted by Gasteiger charge is 2.18. The van der Waals surface area contributed by atoms with Crippen LogP contribution in [0.3, 0.4) is 0 Å². The van der Waals surface area contributed by atoms with Gasteiger partial charge in [-0.3, -0.25) is 9.59 Å². The van der Waals surface area contributed by atoms with Gasteiger partial charge in [0.2, 0.25) is 5.91 Å². The van der Waals surface area contributed by atoms with Gasteiger partial charge in [-0.05, 0) is 57.8 Å². The molecule has 0 spiro atoms. The lowest BCUT2D eigenvalue weighted by Gasteiger charge is -2.20. The van der Waals surface area contributed by atoms with E-state index in [1.54, 1.807) is 6.08 Å². The molecule has 2 unspecified atom stereocenters. The fourth-order valence-electron chi connectivity index (χ4n) is 11.1. The molecule has 0 bridgehead atoms. The number of aliphatic hydroxyl groups excluding tert-OH is 2. The average molecular weight is 1080 g/mol. The first-order valence-electron chi connectivity index (χ1n) is 35.1. The molecule has 0 aromatic heterocycles. The molecule has 1 amide bonds. The molecule has 3 N–H and O–H groups in total. The summed E-state index contributed by atoms with van der Waals surface area (Å²) in [4.78, 5) is 24.6. The highest BCUT2D eigenvalue weighted by molar-refractivity contribution is 5.76. The number of carbonyl (C=O) groups is 2. The van der Waals surface area contributed by atoms with Crippen LogP contribution in [0.25, 0.3) is 0 Å². The summed E-state index contributed by atoms with van der Waals surface area (Å²) in [5, 5.41) is 23.1. The lowest BCUT2D eigenvalue weighted by atomic mass is 10.0. The lowest BCUT2D eigenvalue weighted by molar-refractivity contribution is -0.143. The zero-order valence-corrected chi connectivity index (χ0v) is 52.2. The molecule has 0 heterocycles. The van der Waals surface area contributed by atoms with E-state index in [1.165, 1.54) is 327 Å². The topological polar surface area (TPSA) is 95.9 Å². The van der Waals surface area contributed by atoms with Gasteiger partial charge in [-0.15, -0.1) is 0 Å². The second-order valence-corrected chi connectivity index (χ2v) is 24.2. The minimum Gasteiger partial charge on any atom is -0.466 e. The molecule has 0 rings (SSSR count). The molecule has 2 atom stereocenters. The minimum atomic E-state index is -0.842. The van der Waals surface area contributed by atoms with Crippen molar-refractivity contribution in [1.82, 2.24) is 5.32 Å². The number of nitrogens with one attached hydrogen (secondary N) is 1. The Morgan fingerprint density at radius 3 is 0.922 bits per heavy atom. The van der Waals surface area contributed by atoms with Gasteiger partial charge in [-0.25, -0.2) is 0 Å². The highest BCUT2D eigenvalue weighted by atomic mass is 16.5. The van der Waals surface area contributed by atoms with Crippen LogP contribution in [0.1, 0.15) is 393 Å². The molecular weight excluding hydrogens is 947 g/mol. The summed E-state index contributed by atoms with van der Waals surface area (Å²) in [6.07, 6.45) is 84.1. The number of rotatable bonds is 66. The molecule has 0 aliphatic rings. The average Bonchev–Trinajstić information content (AvgIpc) is 3.43. The first-order chi connectivity index (χ1) is 38.0. The van der Waals surface area contributed by atoms with Gasteiger partial charge in [0.25, 0.3) is 0 Å². The molecule has 456 valence electrons. The number of esters is 1. The quantitative estimate of drug-likeness (QED) is 0.0320. The highest BCUT2D eigenvalue weighted by Crippen LogP contribution is 2.19. The number of amides is 1. The number of carbonyl (C=O) groups excluding carboxylic acids is 2. The minimum absolute atomic E-state index is 0.0214. The Morgan fingerprint density at radius 1 is 0.351 bits per heavy atom. The zero-order valence-electron chi connectivity index (χ0n) is 52.2. The maximum absolute atomic E-state index is 12.5. The van der Waals surface area contributed by atoms with Gasteiger partial charge in [-0.2, -0.15) is 0 Å². The first-order valence-corrected chi connectivity index (χ1v) is 35.1. The number of hydrogen-bond acceptors (Lipinski definition) is 5. The maximum Gasteiger partial charge on any atom is 0.305 e. The van der Waals surface area contributed by atoms with Crippen LogP contribution in [0.15, 0.2) is 24.3 Å². The van der Waals surface area contributed by atoms with Crippen molar-refractivity contribution in [3.8, 4) is 0 Å². The van der Waals surface area contributed by atoms with Crippen LogP contribution >= 0.6 is 0 Å². The van der Waals surface area contributed by atoms with E-state index < -0.39 is 12.1 Å². The van der Waals surface area contributed by atoms with Crippen molar-refractivity contribution in [1.29, 1.82) is 0 Å². The molecule has 0 aromatic rings. The Hall–Kier alpha value is -1.66. The van der Waals surface area contributed by atoms with Crippen molar-refractivity contribution >= 4 is 11.9 Å². The van der Waals surface area contributed by atoms with Crippen LogP contribution in [-0.4, -0.2) is 47.4 Å². The Bertz CT molecular complexity index is 1200. The number of ether oxygens (including phenoxy) is 1. The van der Waals surface area contributed by atoms with Crippen LogP contribution < -0.4 is 5.32 Å². The van der Waals surface area contributed by atoms with E-state index in [0.29, 0.717) is 19.4 Å². The molecule has 6 nitrogen and oxygen atoms in total. The van der Waals surface area contributed by atoms with Gasteiger partial charge in [-0.1, -0.05) is 346 Å². The molecule has 77 heavy (non-hydrogen) atoms. The van der Waals surface area contributed by atoms with E-state index in [4.69, 9.17) is 4.74 Å². The van der Waals surface area contributed by atoms with Gasteiger partial charge in [0.15, 0.2) is 0 Å². The summed E-state index contributed by atoms with van der Waals surface area (Å²) in [7, 11) is 0. The van der Waals surface area contributed by atoms with Crippen molar-refractivity contribution in [2.75, 3.05) is 13.2 Å². The normalized spacial score (nSPS) is 12.6. The predicted molar refractivity (Wildman–Crippen MR) is 338 cm³/mol. The third-order valence-corrected chi connectivity index (χ3v) is 16.5. The van der Waals surface area contributed by atoms with E-state index in [0.717, 1.165) is 38.5 Å². The smallest absolute Gasteiger partial charge is 0.305 e. The van der Waals surface area contributed by atoms with Gasteiger partial charge in [0.05, 0.1) is 25.4 Å². The molecular formula is C71H137NO5. The first kappa shape index (κ1) is 75.3. The Labute approximate surface area is 481 Å². The number of hydrogen-bond donors (Lipinski definition) is 3. The summed E-state index contributed by atoms with van der Waals surface area (Å²) in [6.45, 7) is 4.93. The fourth-order valence-corrected chi connectivity index (χ4v) is 11.1. The summed E-state index contributed by atoms with van der Waals surface area (Å²) >= 11 is 0. The van der Waals surface area contributed by atoms with Crippen LogP contribution in [0, 0.1) is 0 Å². The van der Waals surface area contributed by atoms with Gasteiger partial charge in [0, 0.05) is 12.8 Å². The van der Waals surface area contributed by atoms with Crippen molar-refractivity contribution < 1.29 is 24.5 Å². The van der Waals surface area contributed by atoms with E-state index in [9.17, 15) is 19.8 Å². The summed E-state index contributed by atoms with van der Waals surface area (Å²) in [5.74, 6) is -0.0436. The monoisotopic (exact) mass is 1080 g/mol. The number of unbranched alkanes of at least 4 members (excludes halogenated alkanes) is 53. The van der Waals surface area contributed by atoms with Crippen molar-refractivity contribution in [3.05, 3.63) is 24.3 Å². The van der Waals surface area contributed by atoms with Gasteiger partial charge < -0.3 is 20.3 Å². The second kappa shape index (κ2) is 66.8. The Morgan fingerprint density at radius 2 is 0.610 bits per heavy atom. The summed E-state index contributed by atoms with van der Waals surface area (Å²) in [5.41, 5.74) is 0. The third kappa shape index (κ3) is 63.4. The van der Waals surface area contributed by atoms with E-state index in [1.807, 2.05) is 6.08 Å². The second-order valence-electron chi connectivity index (χ2n) is 24.2. The van der Waals surface area contributed by atoms with Gasteiger partial charge in [0.1, 0.15) is 0 Å². The van der Waals surface area contributed by atoms with Crippen LogP contribution in [-0.2, 0) is 14.3 Å². The van der Waals surface area contributed by atoms with E-state index in [-0.39, 0.29) is 18.5 Å². The molecule has 0 radical (unpaired) electrons. The zero-order chi connectivity index (χ0) is 55.7. The largest absolute Gasteiger partial charge is 0.466 e. The number of allylic oxidation sites excluding steroid dienone is 3. The van der Waals surface area contributed by atoms with Crippen molar-refractivity contribution in [2.24, 2.45) is 0 Å². The molecule has 6 heteroatoms. The van der Waals surface area contributed by atoms with Crippen LogP contribution in [0.5, 0.6) is 0 Å².